The quantitative estimate of drug-likeness (QED) is 0.663. The van der Waals surface area contributed by atoms with E-state index in [1.807, 2.05) is 6.92 Å². The van der Waals surface area contributed by atoms with Gasteiger partial charge in [-0.3, -0.25) is 9.59 Å². The summed E-state index contributed by atoms with van der Waals surface area (Å²) in [7, 11) is 0. The van der Waals surface area contributed by atoms with Crippen molar-refractivity contribution in [3.05, 3.63) is 29.8 Å². The van der Waals surface area contributed by atoms with E-state index in [1.165, 1.54) is 0 Å². The zero-order valence-corrected chi connectivity index (χ0v) is 9.44. The first-order valence-electron chi connectivity index (χ1n) is 5.46. The van der Waals surface area contributed by atoms with Crippen molar-refractivity contribution in [2.75, 3.05) is 6.61 Å². The molecule has 3 nitrogen and oxygen atoms in total. The summed E-state index contributed by atoms with van der Waals surface area (Å²) >= 11 is 0. The van der Waals surface area contributed by atoms with Crippen LogP contribution >= 0.6 is 0 Å². The van der Waals surface area contributed by atoms with Crippen molar-refractivity contribution in [2.24, 2.45) is 0 Å². The minimum Gasteiger partial charge on any atom is -0.485 e. The fourth-order valence-corrected chi connectivity index (χ4v) is 1.31. The highest BCUT2D eigenvalue weighted by atomic mass is 16.5. The average molecular weight is 220 g/mol. The maximum absolute atomic E-state index is 11.4. The topological polar surface area (TPSA) is 43.4 Å². The highest BCUT2D eigenvalue weighted by molar-refractivity contribution is 5.81. The molecule has 0 spiro atoms. The first kappa shape index (κ1) is 12.4. The first-order chi connectivity index (χ1) is 7.77. The van der Waals surface area contributed by atoms with E-state index in [2.05, 4.69) is 0 Å². The van der Waals surface area contributed by atoms with Crippen LogP contribution in [0.2, 0.25) is 0 Å². The standard InChI is InChI=1S/C13H16O3/c1-2-3-7-12(15)10-16-13-8-5-4-6-11(13)9-14/h4-6,8-9H,2-3,7,10H2,1H3. The fourth-order valence-electron chi connectivity index (χ4n) is 1.31. The number of carbonyl (C=O) groups is 2. The van der Waals surface area contributed by atoms with Gasteiger partial charge in [0, 0.05) is 6.42 Å². The van der Waals surface area contributed by atoms with E-state index < -0.39 is 0 Å². The van der Waals surface area contributed by atoms with Gasteiger partial charge in [-0.15, -0.1) is 0 Å². The van der Waals surface area contributed by atoms with Crippen LogP contribution < -0.4 is 4.74 Å². The molecule has 0 unspecified atom stereocenters. The number of rotatable bonds is 7. The molecular formula is C13H16O3. The molecule has 0 bridgehead atoms. The minimum atomic E-state index is 0.0465. The summed E-state index contributed by atoms with van der Waals surface area (Å²) in [6.07, 6.45) is 3.15. The molecule has 3 heteroatoms. The lowest BCUT2D eigenvalue weighted by atomic mass is 10.2. The van der Waals surface area contributed by atoms with Crippen LogP contribution in [-0.4, -0.2) is 18.7 Å². The van der Waals surface area contributed by atoms with Crippen molar-refractivity contribution in [3.8, 4) is 5.75 Å². The number of hydrogen-bond donors (Lipinski definition) is 0. The number of ketones is 1. The van der Waals surface area contributed by atoms with Gasteiger partial charge >= 0.3 is 0 Å². The normalized spacial score (nSPS) is 9.81. The Morgan fingerprint density at radius 2 is 2.12 bits per heavy atom. The van der Waals surface area contributed by atoms with Crippen LogP contribution in [0.5, 0.6) is 5.75 Å². The van der Waals surface area contributed by atoms with Gasteiger partial charge < -0.3 is 4.74 Å². The largest absolute Gasteiger partial charge is 0.485 e. The Bertz CT molecular complexity index is 358. The van der Waals surface area contributed by atoms with E-state index in [1.54, 1.807) is 24.3 Å². The van der Waals surface area contributed by atoms with E-state index in [9.17, 15) is 9.59 Å². The Kier molecular flexibility index (Phi) is 5.26. The van der Waals surface area contributed by atoms with Crippen molar-refractivity contribution in [1.29, 1.82) is 0 Å². The number of unbranched alkanes of at least 4 members (excludes halogenated alkanes) is 1. The van der Waals surface area contributed by atoms with Gasteiger partial charge in [-0.2, -0.15) is 0 Å². The van der Waals surface area contributed by atoms with Crippen LogP contribution in [0, 0.1) is 0 Å². The van der Waals surface area contributed by atoms with Gasteiger partial charge in [-0.05, 0) is 18.6 Å². The van der Waals surface area contributed by atoms with E-state index in [0.29, 0.717) is 17.7 Å². The van der Waals surface area contributed by atoms with Crippen LogP contribution in [-0.2, 0) is 4.79 Å². The molecule has 0 aliphatic heterocycles. The van der Waals surface area contributed by atoms with Crippen molar-refractivity contribution in [2.45, 2.75) is 26.2 Å². The van der Waals surface area contributed by atoms with Gasteiger partial charge in [-0.25, -0.2) is 0 Å². The maximum Gasteiger partial charge on any atom is 0.170 e. The van der Waals surface area contributed by atoms with Gasteiger partial charge in [0.1, 0.15) is 12.4 Å². The predicted molar refractivity (Wildman–Crippen MR) is 61.9 cm³/mol. The monoisotopic (exact) mass is 220 g/mol. The van der Waals surface area contributed by atoms with Crippen molar-refractivity contribution < 1.29 is 14.3 Å². The molecule has 1 aromatic carbocycles. The number of aldehydes is 1. The third-order valence-electron chi connectivity index (χ3n) is 2.24. The Balaban J connectivity index is 2.47. The summed E-state index contributed by atoms with van der Waals surface area (Å²) in [6, 6.07) is 6.89. The molecule has 0 aromatic heterocycles. The number of benzene rings is 1. The Morgan fingerprint density at radius 3 is 2.81 bits per heavy atom. The second-order valence-electron chi connectivity index (χ2n) is 3.59. The van der Waals surface area contributed by atoms with E-state index in [4.69, 9.17) is 4.74 Å². The molecule has 0 amide bonds. The van der Waals surface area contributed by atoms with Crippen LogP contribution in [0.15, 0.2) is 24.3 Å². The number of ether oxygens (including phenoxy) is 1. The van der Waals surface area contributed by atoms with Crippen LogP contribution in [0.4, 0.5) is 0 Å². The van der Waals surface area contributed by atoms with Crippen molar-refractivity contribution in [3.63, 3.8) is 0 Å². The van der Waals surface area contributed by atoms with E-state index >= 15 is 0 Å². The number of carbonyl (C=O) groups excluding carboxylic acids is 2. The molecule has 16 heavy (non-hydrogen) atoms. The highest BCUT2D eigenvalue weighted by Crippen LogP contribution is 2.15. The molecule has 0 atom stereocenters. The molecule has 0 heterocycles. The average Bonchev–Trinajstić information content (AvgIpc) is 2.34. The fraction of sp³-hybridized carbons (Fsp3) is 0.385. The van der Waals surface area contributed by atoms with Gasteiger partial charge in [0.15, 0.2) is 12.1 Å². The molecule has 0 fully saturated rings. The van der Waals surface area contributed by atoms with E-state index in [0.717, 1.165) is 19.1 Å². The summed E-state index contributed by atoms with van der Waals surface area (Å²) in [6.45, 7) is 2.08. The number of hydrogen-bond acceptors (Lipinski definition) is 3. The second-order valence-corrected chi connectivity index (χ2v) is 3.59. The number of Topliss-reactive ketones (excluding diaryl/α,β-unsaturated/α-hetero) is 1. The summed E-state index contributed by atoms with van der Waals surface area (Å²) in [5.74, 6) is 0.546. The molecule has 1 aromatic rings. The SMILES string of the molecule is CCCCC(=O)COc1ccccc1C=O. The number of para-hydroxylation sites is 1. The molecule has 0 aliphatic rings. The Morgan fingerprint density at radius 1 is 1.38 bits per heavy atom. The molecular weight excluding hydrogens is 204 g/mol. The van der Waals surface area contributed by atoms with E-state index in [-0.39, 0.29) is 12.4 Å². The summed E-state index contributed by atoms with van der Waals surface area (Å²) in [5, 5.41) is 0. The lowest BCUT2D eigenvalue weighted by Gasteiger charge is -2.06. The Hall–Kier alpha value is -1.64. The van der Waals surface area contributed by atoms with Gasteiger partial charge in [-0.1, -0.05) is 25.5 Å². The lowest BCUT2D eigenvalue weighted by Crippen LogP contribution is -2.11. The minimum absolute atomic E-state index is 0.0465. The molecule has 86 valence electrons. The third-order valence-corrected chi connectivity index (χ3v) is 2.24. The predicted octanol–water partition coefficient (Wildman–Crippen LogP) is 2.64. The molecule has 0 saturated carbocycles. The Labute approximate surface area is 95.4 Å². The van der Waals surface area contributed by atoms with Gasteiger partial charge in [0.05, 0.1) is 5.56 Å². The van der Waals surface area contributed by atoms with Gasteiger partial charge in [0.2, 0.25) is 0 Å². The first-order valence-corrected chi connectivity index (χ1v) is 5.46. The zero-order valence-electron chi connectivity index (χ0n) is 9.44. The summed E-state index contributed by atoms with van der Waals surface area (Å²) in [4.78, 5) is 22.0. The lowest BCUT2D eigenvalue weighted by molar-refractivity contribution is -0.121. The smallest absolute Gasteiger partial charge is 0.170 e. The van der Waals surface area contributed by atoms with Crippen molar-refractivity contribution >= 4 is 12.1 Å². The molecule has 1 rings (SSSR count). The second kappa shape index (κ2) is 6.77. The van der Waals surface area contributed by atoms with Crippen LogP contribution in [0.25, 0.3) is 0 Å². The third kappa shape index (κ3) is 3.85. The van der Waals surface area contributed by atoms with Gasteiger partial charge in [0.25, 0.3) is 0 Å². The molecule has 0 radical (unpaired) electrons. The molecule has 0 saturated heterocycles. The van der Waals surface area contributed by atoms with Crippen molar-refractivity contribution in [1.82, 2.24) is 0 Å². The van der Waals surface area contributed by atoms with Crippen LogP contribution in [0.1, 0.15) is 36.5 Å². The zero-order chi connectivity index (χ0) is 11.8. The molecule has 0 N–H and O–H groups in total. The van der Waals surface area contributed by atoms with Crippen LogP contribution in [0.3, 0.4) is 0 Å². The molecule has 0 aliphatic carbocycles. The maximum atomic E-state index is 11.4. The summed E-state index contributed by atoms with van der Waals surface area (Å²) < 4.78 is 5.31. The summed E-state index contributed by atoms with van der Waals surface area (Å²) in [5.41, 5.74) is 0.478. The highest BCUT2D eigenvalue weighted by Gasteiger charge is 2.05.